The molecule has 6 nitrogen and oxygen atoms in total. The predicted octanol–water partition coefficient (Wildman–Crippen LogP) is 2.69. The first-order valence-electron chi connectivity index (χ1n) is 8.40. The molecule has 0 aliphatic carbocycles. The molecule has 0 bridgehead atoms. The van der Waals surface area contributed by atoms with E-state index in [0.29, 0.717) is 30.9 Å². The van der Waals surface area contributed by atoms with Crippen molar-refractivity contribution in [1.82, 2.24) is 0 Å². The minimum atomic E-state index is -0.284. The highest BCUT2D eigenvalue weighted by molar-refractivity contribution is 5.75. The van der Waals surface area contributed by atoms with Gasteiger partial charge in [0, 0.05) is 5.92 Å². The topological polar surface area (TPSA) is 85.2 Å². The Kier molecular flexibility index (Phi) is 5.21. The fourth-order valence-corrected chi connectivity index (χ4v) is 3.32. The largest absolute Gasteiger partial charge is 0.504 e. The van der Waals surface area contributed by atoms with Crippen LogP contribution in [0.25, 0.3) is 0 Å². The molecule has 2 unspecified atom stereocenters. The van der Waals surface area contributed by atoms with Gasteiger partial charge in [-0.2, -0.15) is 0 Å². The summed E-state index contributed by atoms with van der Waals surface area (Å²) in [5.74, 6) is 0.444. The van der Waals surface area contributed by atoms with Crippen molar-refractivity contribution in [1.29, 1.82) is 0 Å². The molecule has 1 aliphatic heterocycles. The van der Waals surface area contributed by atoms with E-state index >= 15 is 0 Å². The van der Waals surface area contributed by atoms with Crippen molar-refractivity contribution in [3.63, 3.8) is 0 Å². The summed E-state index contributed by atoms with van der Waals surface area (Å²) in [4.78, 5) is 12.2. The van der Waals surface area contributed by atoms with E-state index in [1.54, 1.807) is 30.3 Å². The number of rotatable bonds is 6. The molecule has 1 aliphatic rings. The summed E-state index contributed by atoms with van der Waals surface area (Å²) in [5.41, 5.74) is 1.81. The molecule has 1 saturated heterocycles. The third kappa shape index (κ3) is 3.69. The molecule has 1 fully saturated rings. The van der Waals surface area contributed by atoms with Crippen molar-refractivity contribution >= 4 is 5.97 Å². The molecule has 0 aromatic heterocycles. The zero-order chi connectivity index (χ0) is 18.7. The lowest BCUT2D eigenvalue weighted by Gasteiger charge is -2.16. The zero-order valence-electron chi connectivity index (χ0n) is 14.8. The van der Waals surface area contributed by atoms with Gasteiger partial charge in [-0.1, -0.05) is 12.1 Å². The first kappa shape index (κ1) is 17.9. The summed E-state index contributed by atoms with van der Waals surface area (Å²) in [6.45, 7) is 0.353. The number of esters is 1. The van der Waals surface area contributed by atoms with Crippen LogP contribution in [-0.2, 0) is 22.4 Å². The van der Waals surface area contributed by atoms with Gasteiger partial charge in [-0.3, -0.25) is 4.79 Å². The van der Waals surface area contributed by atoms with E-state index in [4.69, 9.17) is 14.2 Å². The van der Waals surface area contributed by atoms with Gasteiger partial charge in [-0.25, -0.2) is 0 Å². The monoisotopic (exact) mass is 358 g/mol. The highest BCUT2D eigenvalue weighted by Crippen LogP contribution is 2.34. The van der Waals surface area contributed by atoms with E-state index in [9.17, 15) is 15.0 Å². The Hall–Kier alpha value is -2.89. The third-order valence-corrected chi connectivity index (χ3v) is 4.75. The number of hydrogen-bond acceptors (Lipinski definition) is 6. The van der Waals surface area contributed by atoms with Crippen molar-refractivity contribution in [2.24, 2.45) is 11.8 Å². The van der Waals surface area contributed by atoms with E-state index in [1.165, 1.54) is 14.2 Å². The van der Waals surface area contributed by atoms with Crippen molar-refractivity contribution < 1.29 is 29.2 Å². The summed E-state index contributed by atoms with van der Waals surface area (Å²) < 4.78 is 15.5. The first-order chi connectivity index (χ1) is 12.5. The molecule has 3 rings (SSSR count). The number of carbonyl (C=O) groups is 1. The second kappa shape index (κ2) is 7.56. The van der Waals surface area contributed by atoms with Crippen molar-refractivity contribution in [2.75, 3.05) is 20.8 Å². The Labute approximate surface area is 151 Å². The molecule has 26 heavy (non-hydrogen) atoms. The number of cyclic esters (lactones) is 1. The van der Waals surface area contributed by atoms with Gasteiger partial charge in [0.2, 0.25) is 0 Å². The van der Waals surface area contributed by atoms with Gasteiger partial charge in [0.25, 0.3) is 0 Å². The minimum Gasteiger partial charge on any atom is -0.504 e. The summed E-state index contributed by atoms with van der Waals surface area (Å²) in [6.07, 6.45) is 1.12. The average molecular weight is 358 g/mol. The lowest BCUT2D eigenvalue weighted by atomic mass is 9.85. The number of aromatic hydroxyl groups is 2. The van der Waals surface area contributed by atoms with Gasteiger partial charge in [0.05, 0.1) is 26.7 Å². The van der Waals surface area contributed by atoms with Crippen molar-refractivity contribution in [3.8, 4) is 23.0 Å². The molecule has 2 N–H and O–H groups in total. The molecule has 138 valence electrons. The fraction of sp³-hybridized carbons (Fsp3) is 0.350. The van der Waals surface area contributed by atoms with Gasteiger partial charge in [0.1, 0.15) is 0 Å². The highest BCUT2D eigenvalue weighted by atomic mass is 16.5. The maximum atomic E-state index is 12.2. The molecule has 6 heteroatoms. The van der Waals surface area contributed by atoms with E-state index in [-0.39, 0.29) is 29.3 Å². The van der Waals surface area contributed by atoms with Crippen LogP contribution in [0, 0.1) is 11.8 Å². The lowest BCUT2D eigenvalue weighted by Crippen LogP contribution is -2.20. The van der Waals surface area contributed by atoms with Gasteiger partial charge < -0.3 is 24.4 Å². The number of methoxy groups -OCH3 is 2. The lowest BCUT2D eigenvalue weighted by molar-refractivity contribution is -0.141. The van der Waals surface area contributed by atoms with Crippen LogP contribution in [0.2, 0.25) is 0 Å². The number of hydrogen-bond donors (Lipinski definition) is 2. The maximum absolute atomic E-state index is 12.2. The Morgan fingerprint density at radius 3 is 2.35 bits per heavy atom. The summed E-state index contributed by atoms with van der Waals surface area (Å²) >= 11 is 0. The van der Waals surface area contributed by atoms with E-state index in [2.05, 4.69) is 0 Å². The smallest absolute Gasteiger partial charge is 0.309 e. The molecule has 0 spiro atoms. The summed E-state index contributed by atoms with van der Waals surface area (Å²) in [6, 6.07) is 10.3. The molecule has 2 atom stereocenters. The molecule has 2 aromatic rings. The zero-order valence-corrected chi connectivity index (χ0v) is 14.8. The molecule has 0 saturated carbocycles. The second-order valence-electron chi connectivity index (χ2n) is 6.42. The standard InChI is InChI=1S/C20H22O6/c1-24-18-6-4-12(9-17(18)22)7-14-11-26-20(23)15(14)8-13-3-5-16(21)19(10-13)25-2/h3-6,9-10,14-15,21-22H,7-8,11H2,1-2H3. The van der Waals surface area contributed by atoms with Gasteiger partial charge in [-0.15, -0.1) is 0 Å². The minimum absolute atomic E-state index is 0.00935. The van der Waals surface area contributed by atoms with Gasteiger partial charge >= 0.3 is 5.97 Å². The van der Waals surface area contributed by atoms with Gasteiger partial charge in [-0.05, 0) is 48.2 Å². The third-order valence-electron chi connectivity index (χ3n) is 4.75. The number of benzene rings is 2. The van der Waals surface area contributed by atoms with Crippen LogP contribution in [0.4, 0.5) is 0 Å². The van der Waals surface area contributed by atoms with Crippen LogP contribution < -0.4 is 9.47 Å². The molecule has 0 amide bonds. The second-order valence-corrected chi connectivity index (χ2v) is 6.42. The number of phenols is 2. The molecular weight excluding hydrogens is 336 g/mol. The average Bonchev–Trinajstić information content (AvgIpc) is 2.96. The number of ether oxygens (including phenoxy) is 3. The van der Waals surface area contributed by atoms with Crippen LogP contribution in [0.15, 0.2) is 36.4 Å². The summed E-state index contributed by atoms with van der Waals surface area (Å²) in [7, 11) is 2.99. The molecule has 1 heterocycles. The van der Waals surface area contributed by atoms with Gasteiger partial charge in [0.15, 0.2) is 23.0 Å². The van der Waals surface area contributed by atoms with Crippen LogP contribution in [0.3, 0.4) is 0 Å². The quantitative estimate of drug-likeness (QED) is 0.773. The van der Waals surface area contributed by atoms with E-state index in [1.807, 2.05) is 6.07 Å². The van der Waals surface area contributed by atoms with Crippen LogP contribution in [-0.4, -0.2) is 37.0 Å². The van der Waals surface area contributed by atoms with E-state index in [0.717, 1.165) is 11.1 Å². The fourth-order valence-electron chi connectivity index (χ4n) is 3.32. The van der Waals surface area contributed by atoms with Crippen molar-refractivity contribution in [3.05, 3.63) is 47.5 Å². The molecule has 2 aromatic carbocycles. The van der Waals surface area contributed by atoms with Crippen LogP contribution in [0.1, 0.15) is 11.1 Å². The predicted molar refractivity (Wildman–Crippen MR) is 94.7 cm³/mol. The van der Waals surface area contributed by atoms with Crippen LogP contribution in [0.5, 0.6) is 23.0 Å². The first-order valence-corrected chi connectivity index (χ1v) is 8.40. The maximum Gasteiger partial charge on any atom is 0.309 e. The number of phenolic OH excluding ortho intramolecular Hbond substituents is 2. The SMILES string of the molecule is COc1ccc(CC2COC(=O)C2Cc2ccc(O)c(OC)c2)cc1O. The Bertz CT molecular complexity index is 801. The van der Waals surface area contributed by atoms with Crippen molar-refractivity contribution in [2.45, 2.75) is 12.8 Å². The molecular formula is C20H22O6. The van der Waals surface area contributed by atoms with Crippen LogP contribution >= 0.6 is 0 Å². The Morgan fingerprint density at radius 2 is 1.65 bits per heavy atom. The number of carbonyl (C=O) groups excluding carboxylic acids is 1. The normalized spacial score (nSPS) is 19.2. The molecule has 0 radical (unpaired) electrons. The summed E-state index contributed by atoms with van der Waals surface area (Å²) in [5, 5.41) is 19.7. The van der Waals surface area contributed by atoms with E-state index < -0.39 is 0 Å². The Morgan fingerprint density at radius 1 is 0.962 bits per heavy atom. The Balaban J connectivity index is 1.75. The highest BCUT2D eigenvalue weighted by Gasteiger charge is 2.37.